The average Bonchev–Trinajstić information content (AvgIpc) is 2.98. The van der Waals surface area contributed by atoms with Crippen molar-refractivity contribution < 1.29 is 9.90 Å². The van der Waals surface area contributed by atoms with Crippen LogP contribution in [0.2, 0.25) is 0 Å². The van der Waals surface area contributed by atoms with Crippen LogP contribution in [0.15, 0.2) is 36.4 Å². The second-order valence-electron chi connectivity index (χ2n) is 9.97. The normalized spacial score (nSPS) is 27.4. The summed E-state index contributed by atoms with van der Waals surface area (Å²) in [4.78, 5) is 13.6. The number of likely N-dealkylation sites (N-methyl/N-ethyl adjacent to an activating group) is 1. The van der Waals surface area contributed by atoms with Gasteiger partial charge in [-0.15, -0.1) is 10.2 Å². The molecule has 2 saturated carbocycles. The zero-order valence-corrected chi connectivity index (χ0v) is 18.9. The fourth-order valence-electron chi connectivity index (χ4n) is 5.61. The van der Waals surface area contributed by atoms with Gasteiger partial charge in [-0.3, -0.25) is 4.79 Å². The molecule has 1 aromatic heterocycles. The topological polar surface area (TPSA) is 78.4 Å². The van der Waals surface area contributed by atoms with Crippen molar-refractivity contribution in [1.29, 1.82) is 0 Å². The predicted molar refractivity (Wildman–Crippen MR) is 124 cm³/mol. The summed E-state index contributed by atoms with van der Waals surface area (Å²) in [5.74, 6) is 0.786. The van der Waals surface area contributed by atoms with Crippen molar-refractivity contribution in [3.63, 3.8) is 0 Å². The van der Waals surface area contributed by atoms with Crippen molar-refractivity contribution in [2.75, 3.05) is 19.0 Å². The van der Waals surface area contributed by atoms with Crippen LogP contribution in [0.4, 0.5) is 5.82 Å². The molecule has 3 atom stereocenters. The molecule has 2 bridgehead atoms. The largest absolute Gasteiger partial charge is 0.507 e. The smallest absolute Gasteiger partial charge is 0.243 e. The summed E-state index contributed by atoms with van der Waals surface area (Å²) in [6, 6.07) is 9.64. The van der Waals surface area contributed by atoms with Gasteiger partial charge in [0.05, 0.1) is 5.69 Å². The lowest BCUT2D eigenvalue weighted by atomic mass is 9.68. The molecule has 6 nitrogen and oxygen atoms in total. The number of fused-ring (bicyclic) bond motifs is 2. The third-order valence-corrected chi connectivity index (χ3v) is 7.17. The highest BCUT2D eigenvalue weighted by Gasteiger charge is 2.49. The minimum atomic E-state index is -0.192. The zero-order valence-electron chi connectivity index (χ0n) is 18.9. The van der Waals surface area contributed by atoms with E-state index in [1.807, 2.05) is 18.2 Å². The monoisotopic (exact) mass is 420 g/mol. The Bertz CT molecular complexity index is 985. The molecule has 1 amide bonds. The van der Waals surface area contributed by atoms with Gasteiger partial charge in [0.1, 0.15) is 5.75 Å². The Hall–Kier alpha value is -2.89. The first-order valence-electron chi connectivity index (χ1n) is 11.0. The van der Waals surface area contributed by atoms with Crippen LogP contribution in [0.1, 0.15) is 51.5 Å². The van der Waals surface area contributed by atoms with Crippen LogP contribution in [0, 0.1) is 10.8 Å². The molecule has 0 spiro atoms. The van der Waals surface area contributed by atoms with Gasteiger partial charge < -0.3 is 15.3 Å². The van der Waals surface area contributed by atoms with E-state index in [4.69, 9.17) is 0 Å². The molecule has 4 rings (SSSR count). The van der Waals surface area contributed by atoms with E-state index in [1.165, 1.54) is 38.2 Å². The lowest BCUT2D eigenvalue weighted by molar-refractivity contribution is -0.115. The van der Waals surface area contributed by atoms with Gasteiger partial charge in [0.2, 0.25) is 5.91 Å². The number of nitrogens with one attached hydrogen (secondary N) is 1. The Morgan fingerprint density at radius 3 is 2.45 bits per heavy atom. The number of rotatable bonds is 5. The van der Waals surface area contributed by atoms with Crippen molar-refractivity contribution >= 4 is 17.8 Å². The first-order chi connectivity index (χ1) is 14.7. The summed E-state index contributed by atoms with van der Waals surface area (Å²) in [6.07, 6.45) is 9.48. The quantitative estimate of drug-likeness (QED) is 0.701. The van der Waals surface area contributed by atoms with Gasteiger partial charge in [-0.25, -0.2) is 0 Å². The first-order valence-corrected chi connectivity index (χ1v) is 11.0. The molecular weight excluding hydrogens is 388 g/mol. The SMILES string of the molecule is CNC(=O)/C=C/c1ccc(-c2ccc(N(C)[C@H]3C[C@]4(C)CC[C@](C)(C3)C4)nn2)c(O)c1. The number of carbonyl (C=O) groups is 1. The van der Waals surface area contributed by atoms with E-state index in [9.17, 15) is 9.90 Å². The van der Waals surface area contributed by atoms with E-state index in [0.29, 0.717) is 28.1 Å². The molecule has 1 heterocycles. The van der Waals surface area contributed by atoms with Crippen molar-refractivity contribution in [1.82, 2.24) is 15.5 Å². The van der Waals surface area contributed by atoms with E-state index in [0.717, 1.165) is 11.4 Å². The van der Waals surface area contributed by atoms with Gasteiger partial charge in [0.15, 0.2) is 5.82 Å². The molecule has 2 N–H and O–H groups in total. The molecule has 2 fully saturated rings. The van der Waals surface area contributed by atoms with Crippen LogP contribution < -0.4 is 10.2 Å². The third-order valence-electron chi connectivity index (χ3n) is 7.17. The van der Waals surface area contributed by atoms with Gasteiger partial charge >= 0.3 is 0 Å². The van der Waals surface area contributed by atoms with Gasteiger partial charge in [0, 0.05) is 31.8 Å². The summed E-state index contributed by atoms with van der Waals surface area (Å²) in [5.41, 5.74) is 2.87. The van der Waals surface area contributed by atoms with Crippen molar-refractivity contribution in [3.8, 4) is 17.0 Å². The summed E-state index contributed by atoms with van der Waals surface area (Å²) in [6.45, 7) is 4.87. The van der Waals surface area contributed by atoms with Gasteiger partial charge in [-0.2, -0.15) is 0 Å². The fraction of sp³-hybridized carbons (Fsp3) is 0.480. The van der Waals surface area contributed by atoms with E-state index >= 15 is 0 Å². The standard InChI is InChI=1S/C25H32N4O2/c1-24-11-12-25(2,16-24)15-18(14-24)29(4)22-9-8-20(27-28-22)19-7-5-17(13-21(19)30)6-10-23(31)26-3/h5-10,13,18,30H,11-12,14-16H2,1-4H3,(H,26,31)/b10-6+/t18-,24-,25+. The van der Waals surface area contributed by atoms with Gasteiger partial charge in [-0.05, 0) is 78.8 Å². The van der Waals surface area contributed by atoms with Crippen LogP contribution in [-0.4, -0.2) is 41.3 Å². The summed E-state index contributed by atoms with van der Waals surface area (Å²) in [7, 11) is 3.70. The maximum Gasteiger partial charge on any atom is 0.243 e. The lowest BCUT2D eigenvalue weighted by Crippen LogP contribution is -2.42. The molecule has 2 aromatic rings. The molecule has 0 radical (unpaired) electrons. The Morgan fingerprint density at radius 1 is 1.16 bits per heavy atom. The van der Waals surface area contributed by atoms with Crippen molar-refractivity contribution in [2.24, 2.45) is 10.8 Å². The molecule has 2 aliphatic rings. The highest BCUT2D eigenvalue weighted by molar-refractivity contribution is 5.91. The molecule has 164 valence electrons. The average molecular weight is 421 g/mol. The number of carbonyl (C=O) groups excluding carboxylic acids is 1. The van der Waals surface area contributed by atoms with Crippen molar-refractivity contribution in [2.45, 2.75) is 52.0 Å². The summed E-state index contributed by atoms with van der Waals surface area (Å²) < 4.78 is 0. The number of benzene rings is 1. The number of hydrogen-bond donors (Lipinski definition) is 2. The maximum atomic E-state index is 11.4. The number of phenols is 1. The minimum Gasteiger partial charge on any atom is -0.507 e. The van der Waals surface area contributed by atoms with Crippen LogP contribution in [-0.2, 0) is 4.79 Å². The van der Waals surface area contributed by atoms with E-state index in [-0.39, 0.29) is 11.7 Å². The molecule has 0 aliphatic heterocycles. The number of hydrogen-bond acceptors (Lipinski definition) is 5. The zero-order chi connectivity index (χ0) is 22.2. The van der Waals surface area contributed by atoms with Crippen LogP contribution in [0.25, 0.3) is 17.3 Å². The predicted octanol–water partition coefficient (Wildman–Crippen LogP) is 4.40. The number of anilines is 1. The number of nitrogens with zero attached hydrogens (tertiary/aromatic N) is 3. The van der Waals surface area contributed by atoms with E-state index in [1.54, 1.807) is 25.3 Å². The summed E-state index contributed by atoms with van der Waals surface area (Å²) >= 11 is 0. The number of aromatic hydroxyl groups is 1. The highest BCUT2D eigenvalue weighted by atomic mass is 16.3. The number of phenolic OH excluding ortho intramolecular Hbond substituents is 1. The van der Waals surface area contributed by atoms with Crippen LogP contribution >= 0.6 is 0 Å². The van der Waals surface area contributed by atoms with Gasteiger partial charge in [-0.1, -0.05) is 19.9 Å². The number of amides is 1. The van der Waals surface area contributed by atoms with E-state index < -0.39 is 0 Å². The maximum absolute atomic E-state index is 11.4. The molecule has 2 aliphatic carbocycles. The molecule has 0 unspecified atom stereocenters. The second kappa shape index (κ2) is 7.98. The highest BCUT2D eigenvalue weighted by Crippen LogP contribution is 2.58. The molecule has 0 saturated heterocycles. The minimum absolute atomic E-state index is 0.110. The Labute approximate surface area is 184 Å². The Balaban J connectivity index is 1.49. The van der Waals surface area contributed by atoms with Crippen LogP contribution in [0.3, 0.4) is 0 Å². The molecule has 6 heteroatoms. The van der Waals surface area contributed by atoms with E-state index in [2.05, 4.69) is 41.3 Å². The molecular formula is C25H32N4O2. The Kier molecular flexibility index (Phi) is 5.50. The molecule has 31 heavy (non-hydrogen) atoms. The Morgan fingerprint density at radius 2 is 1.87 bits per heavy atom. The van der Waals surface area contributed by atoms with Crippen molar-refractivity contribution in [3.05, 3.63) is 42.0 Å². The fourth-order valence-corrected chi connectivity index (χ4v) is 5.61. The van der Waals surface area contributed by atoms with Gasteiger partial charge in [0.25, 0.3) is 0 Å². The second-order valence-corrected chi connectivity index (χ2v) is 9.97. The third kappa shape index (κ3) is 4.43. The van der Waals surface area contributed by atoms with Crippen LogP contribution in [0.5, 0.6) is 5.75 Å². The first kappa shape index (κ1) is 21.3. The molecule has 1 aromatic carbocycles. The lowest BCUT2D eigenvalue weighted by Gasteiger charge is -2.44. The summed E-state index contributed by atoms with van der Waals surface area (Å²) in [5, 5.41) is 21.9. The number of aromatic nitrogens is 2.